The highest BCUT2D eigenvalue weighted by atomic mass is 15.0. The summed E-state index contributed by atoms with van der Waals surface area (Å²) in [6.45, 7) is 20.5. The van der Waals surface area contributed by atoms with E-state index >= 15 is 0 Å². The van der Waals surface area contributed by atoms with Crippen LogP contribution < -0.4 is 0 Å². The molecule has 0 aliphatic heterocycles. The molecule has 8 aromatic rings. The summed E-state index contributed by atoms with van der Waals surface area (Å²) in [5, 5.41) is 4.57. The molecular weight excluding hydrogens is 536 g/mol. The quantitative estimate of drug-likeness (QED) is 0.191. The topological polar surface area (TPSA) is 18.6 Å². The van der Waals surface area contributed by atoms with Crippen molar-refractivity contribution >= 4 is 55.0 Å². The molecule has 6 aromatic carbocycles. The van der Waals surface area contributed by atoms with Gasteiger partial charge in [0.25, 0.3) is 0 Å². The maximum absolute atomic E-state index is 8.13. The summed E-state index contributed by atoms with van der Waals surface area (Å²) >= 11 is 0. The third-order valence-electron chi connectivity index (χ3n) is 8.79. The third-order valence-corrected chi connectivity index (χ3v) is 8.79. The Kier molecular flexibility index (Phi) is 5.66. The lowest BCUT2D eigenvalue weighted by molar-refractivity contribution is 1.12. The molecular formula is C40H26N4. The van der Waals surface area contributed by atoms with Gasteiger partial charge < -0.3 is 9.13 Å². The number of hydrogen-bond acceptors (Lipinski definition) is 0. The number of benzene rings is 6. The second-order valence-corrected chi connectivity index (χ2v) is 11.2. The van der Waals surface area contributed by atoms with Gasteiger partial charge in [-0.25, -0.2) is 9.69 Å². The summed E-state index contributed by atoms with van der Waals surface area (Å²) in [4.78, 5) is 7.87. The van der Waals surface area contributed by atoms with Gasteiger partial charge in [-0.15, -0.1) is 0 Å². The number of fused-ring (bicyclic) bond motifs is 6. The molecule has 0 atom stereocenters. The highest BCUT2D eigenvalue weighted by Gasteiger charge is 2.24. The number of nitrogens with zero attached hydrogens (tertiary/aromatic N) is 4. The standard InChI is InChI=1S/C40H26N4/c1-25-13-11-14-26(2)39(25)44-37-22-10-7-17-30(37)31-23-27(24-32(40(31)44)38-33(41-3)18-12-19-34(38)42-4)43-35-20-8-5-15-28(35)29-16-6-9-21-36(29)43/h5-24H,1-2H3. The van der Waals surface area contributed by atoms with Crippen LogP contribution in [0, 0.1) is 27.0 Å². The van der Waals surface area contributed by atoms with Crippen molar-refractivity contribution in [3.05, 3.63) is 155 Å². The van der Waals surface area contributed by atoms with E-state index in [-0.39, 0.29) is 0 Å². The average molecular weight is 563 g/mol. The fourth-order valence-electron chi connectivity index (χ4n) is 6.98. The van der Waals surface area contributed by atoms with Crippen LogP contribution >= 0.6 is 0 Å². The normalized spacial score (nSPS) is 11.4. The van der Waals surface area contributed by atoms with E-state index in [2.05, 4.69) is 136 Å². The van der Waals surface area contributed by atoms with Crippen LogP contribution in [0.1, 0.15) is 11.1 Å². The third kappa shape index (κ3) is 3.56. The van der Waals surface area contributed by atoms with Crippen molar-refractivity contribution in [3.63, 3.8) is 0 Å². The molecule has 0 spiro atoms. The molecule has 0 unspecified atom stereocenters. The Hall–Kier alpha value is -6.10. The van der Waals surface area contributed by atoms with Crippen molar-refractivity contribution < 1.29 is 0 Å². The Morgan fingerprint density at radius 2 is 0.977 bits per heavy atom. The van der Waals surface area contributed by atoms with E-state index in [1.165, 1.54) is 10.8 Å². The number of aromatic nitrogens is 2. The lowest BCUT2D eigenvalue weighted by Gasteiger charge is -2.19. The maximum Gasteiger partial charge on any atom is 0.184 e. The van der Waals surface area contributed by atoms with Gasteiger partial charge in [-0.1, -0.05) is 91.0 Å². The molecule has 4 heteroatoms. The van der Waals surface area contributed by atoms with Crippen LogP contribution in [0.25, 0.3) is 75.8 Å². The summed E-state index contributed by atoms with van der Waals surface area (Å²) < 4.78 is 4.66. The number of para-hydroxylation sites is 4. The number of hydrogen-bond donors (Lipinski definition) is 0. The van der Waals surface area contributed by atoms with E-state index in [1.54, 1.807) is 6.07 Å². The van der Waals surface area contributed by atoms with Crippen molar-refractivity contribution in [2.24, 2.45) is 0 Å². The van der Waals surface area contributed by atoms with Crippen molar-refractivity contribution in [3.8, 4) is 22.5 Å². The van der Waals surface area contributed by atoms with Crippen LogP contribution in [0.3, 0.4) is 0 Å². The fraction of sp³-hybridized carbons (Fsp3) is 0.0500. The van der Waals surface area contributed by atoms with E-state index in [9.17, 15) is 0 Å². The zero-order valence-electron chi connectivity index (χ0n) is 24.3. The van der Waals surface area contributed by atoms with Gasteiger partial charge in [0.2, 0.25) is 0 Å². The van der Waals surface area contributed by atoms with Crippen LogP contribution in [-0.4, -0.2) is 9.13 Å². The lowest BCUT2D eigenvalue weighted by atomic mass is 9.97. The molecule has 0 amide bonds. The van der Waals surface area contributed by atoms with Crippen molar-refractivity contribution in [1.82, 2.24) is 9.13 Å². The molecule has 44 heavy (non-hydrogen) atoms. The minimum Gasteiger partial charge on any atom is -0.309 e. The first-order valence-electron chi connectivity index (χ1n) is 14.6. The van der Waals surface area contributed by atoms with Gasteiger partial charge in [0.15, 0.2) is 11.4 Å². The first kappa shape index (κ1) is 25.6. The lowest BCUT2D eigenvalue weighted by Crippen LogP contribution is -2.02. The van der Waals surface area contributed by atoms with E-state index < -0.39 is 0 Å². The highest BCUT2D eigenvalue weighted by molar-refractivity contribution is 6.17. The van der Waals surface area contributed by atoms with Gasteiger partial charge in [-0.3, -0.25) is 0 Å². The molecule has 2 heterocycles. The second-order valence-electron chi connectivity index (χ2n) is 11.2. The van der Waals surface area contributed by atoms with Crippen LogP contribution in [0.2, 0.25) is 0 Å². The monoisotopic (exact) mass is 562 g/mol. The first-order chi connectivity index (χ1) is 21.6. The SMILES string of the molecule is [C-]#[N+]c1cccc([N+]#[C-])c1-c1cc(-n2c3ccccc3c3ccccc32)cc2c3ccccc3n(-c3c(C)cccc3C)c12. The Bertz CT molecular complexity index is 2440. The van der Waals surface area contributed by atoms with Gasteiger partial charge in [0.1, 0.15) is 0 Å². The zero-order valence-corrected chi connectivity index (χ0v) is 24.3. The molecule has 0 fully saturated rings. The van der Waals surface area contributed by atoms with Crippen LogP contribution in [0.4, 0.5) is 11.4 Å². The minimum atomic E-state index is 0.470. The Morgan fingerprint density at radius 1 is 0.500 bits per heavy atom. The molecule has 0 aliphatic carbocycles. The minimum absolute atomic E-state index is 0.470. The number of aryl methyl sites for hydroxylation is 2. The van der Waals surface area contributed by atoms with Gasteiger partial charge >= 0.3 is 0 Å². The Balaban J connectivity index is 1.64. The molecule has 0 radical (unpaired) electrons. The molecule has 206 valence electrons. The van der Waals surface area contributed by atoms with Gasteiger partial charge in [0.05, 0.1) is 40.9 Å². The molecule has 0 saturated heterocycles. The first-order valence-corrected chi connectivity index (χ1v) is 14.6. The molecule has 2 aromatic heterocycles. The molecule has 8 rings (SSSR count). The summed E-state index contributed by atoms with van der Waals surface area (Å²) in [5.74, 6) is 0. The largest absolute Gasteiger partial charge is 0.309 e. The Labute approximate surface area is 255 Å². The summed E-state index contributed by atoms with van der Waals surface area (Å²) in [6, 6.07) is 41.8. The fourth-order valence-corrected chi connectivity index (χ4v) is 6.98. The van der Waals surface area contributed by atoms with E-state index in [4.69, 9.17) is 13.1 Å². The van der Waals surface area contributed by atoms with E-state index in [0.717, 1.165) is 60.9 Å². The number of rotatable bonds is 3. The van der Waals surface area contributed by atoms with Crippen molar-refractivity contribution in [2.45, 2.75) is 13.8 Å². The van der Waals surface area contributed by atoms with Gasteiger partial charge in [0, 0.05) is 27.2 Å². The smallest absolute Gasteiger partial charge is 0.184 e. The Morgan fingerprint density at radius 3 is 1.52 bits per heavy atom. The summed E-state index contributed by atoms with van der Waals surface area (Å²) in [5.41, 5.74) is 11.2. The van der Waals surface area contributed by atoms with Crippen molar-refractivity contribution in [2.75, 3.05) is 0 Å². The predicted octanol–water partition coefficient (Wildman–Crippen LogP) is 11.3. The maximum atomic E-state index is 8.13. The molecule has 0 saturated carbocycles. The average Bonchev–Trinajstić information content (AvgIpc) is 3.57. The highest BCUT2D eigenvalue weighted by Crippen LogP contribution is 2.47. The zero-order chi connectivity index (χ0) is 29.9. The van der Waals surface area contributed by atoms with Gasteiger partial charge in [-0.05, 0) is 66.4 Å². The van der Waals surface area contributed by atoms with E-state index in [0.29, 0.717) is 16.9 Å². The van der Waals surface area contributed by atoms with E-state index in [1.807, 2.05) is 12.1 Å². The summed E-state index contributed by atoms with van der Waals surface area (Å²) in [6.07, 6.45) is 0. The van der Waals surface area contributed by atoms with Crippen LogP contribution in [0.5, 0.6) is 0 Å². The molecule has 0 N–H and O–H groups in total. The predicted molar refractivity (Wildman–Crippen MR) is 183 cm³/mol. The van der Waals surface area contributed by atoms with Crippen LogP contribution in [-0.2, 0) is 0 Å². The molecule has 4 nitrogen and oxygen atoms in total. The molecule has 0 bridgehead atoms. The molecule has 0 aliphatic rings. The van der Waals surface area contributed by atoms with Crippen molar-refractivity contribution in [1.29, 1.82) is 0 Å². The van der Waals surface area contributed by atoms with Crippen LogP contribution in [0.15, 0.2) is 121 Å². The summed E-state index contributed by atoms with van der Waals surface area (Å²) in [7, 11) is 0. The van der Waals surface area contributed by atoms with Gasteiger partial charge in [-0.2, -0.15) is 0 Å². The second kappa shape index (κ2) is 9.73.